The minimum absolute atomic E-state index is 0.0242. The van der Waals surface area contributed by atoms with Crippen LogP contribution in [0.15, 0.2) is 29.3 Å². The maximum Gasteiger partial charge on any atom is 0.226 e. The Labute approximate surface area is 171 Å². The van der Waals surface area contributed by atoms with E-state index in [2.05, 4.69) is 53.5 Å². The van der Waals surface area contributed by atoms with Crippen molar-refractivity contribution in [3.8, 4) is 0 Å². The molecule has 158 valence electrons. The molecule has 0 saturated carbocycles. The van der Waals surface area contributed by atoms with Gasteiger partial charge < -0.3 is 16.0 Å². The summed E-state index contributed by atoms with van der Waals surface area (Å²) in [6.45, 7) is 15.4. The van der Waals surface area contributed by atoms with E-state index in [1.54, 1.807) is 7.05 Å². The van der Waals surface area contributed by atoms with Gasteiger partial charge in [0.15, 0.2) is 5.96 Å². The Kier molecular flexibility index (Phi) is 10.6. The van der Waals surface area contributed by atoms with Crippen LogP contribution in [-0.2, 0) is 11.3 Å². The number of carbonyl (C=O) groups excluding carboxylic acids is 1. The van der Waals surface area contributed by atoms with E-state index in [1.807, 2.05) is 38.1 Å². The van der Waals surface area contributed by atoms with E-state index in [1.165, 1.54) is 0 Å². The van der Waals surface area contributed by atoms with Crippen molar-refractivity contribution in [3.63, 3.8) is 0 Å². The van der Waals surface area contributed by atoms with Crippen LogP contribution in [0.5, 0.6) is 0 Å². The number of anilines is 1. The van der Waals surface area contributed by atoms with Crippen LogP contribution in [0, 0.1) is 5.92 Å². The molecule has 6 nitrogen and oxygen atoms in total. The van der Waals surface area contributed by atoms with Gasteiger partial charge in [-0.1, -0.05) is 26.0 Å². The molecule has 0 saturated heterocycles. The van der Waals surface area contributed by atoms with Crippen LogP contribution in [0.2, 0.25) is 0 Å². The van der Waals surface area contributed by atoms with Crippen LogP contribution in [0.25, 0.3) is 0 Å². The van der Waals surface area contributed by atoms with Crippen molar-refractivity contribution in [2.45, 2.75) is 66.6 Å². The fourth-order valence-corrected chi connectivity index (χ4v) is 2.98. The molecule has 0 aliphatic rings. The maximum absolute atomic E-state index is 11.7. The van der Waals surface area contributed by atoms with Crippen LogP contribution < -0.4 is 16.0 Å². The lowest BCUT2D eigenvalue weighted by molar-refractivity contribution is -0.118. The summed E-state index contributed by atoms with van der Waals surface area (Å²) in [5, 5.41) is 9.62. The van der Waals surface area contributed by atoms with Gasteiger partial charge in [0, 0.05) is 50.4 Å². The van der Waals surface area contributed by atoms with E-state index in [0.29, 0.717) is 18.6 Å². The van der Waals surface area contributed by atoms with Gasteiger partial charge in [-0.25, -0.2) is 0 Å². The van der Waals surface area contributed by atoms with Gasteiger partial charge >= 0.3 is 0 Å². The molecule has 0 atom stereocenters. The van der Waals surface area contributed by atoms with Crippen molar-refractivity contribution in [2.24, 2.45) is 10.9 Å². The van der Waals surface area contributed by atoms with Crippen LogP contribution in [0.4, 0.5) is 5.69 Å². The Morgan fingerprint density at radius 1 is 1.00 bits per heavy atom. The van der Waals surface area contributed by atoms with Gasteiger partial charge in [-0.05, 0) is 51.8 Å². The number of hydrogen-bond donors (Lipinski definition) is 3. The van der Waals surface area contributed by atoms with Gasteiger partial charge in [-0.2, -0.15) is 0 Å². The number of nitrogens with zero attached hydrogens (tertiary/aromatic N) is 2. The molecule has 0 fully saturated rings. The predicted octanol–water partition coefficient (Wildman–Crippen LogP) is 3.46. The van der Waals surface area contributed by atoms with E-state index in [9.17, 15) is 4.79 Å². The van der Waals surface area contributed by atoms with Gasteiger partial charge in [0.1, 0.15) is 0 Å². The van der Waals surface area contributed by atoms with Crippen molar-refractivity contribution in [3.05, 3.63) is 29.8 Å². The number of carbonyl (C=O) groups is 1. The average Bonchev–Trinajstić information content (AvgIpc) is 2.64. The quantitative estimate of drug-likeness (QED) is 0.326. The Morgan fingerprint density at radius 3 is 2.11 bits per heavy atom. The second-order valence-electron chi connectivity index (χ2n) is 7.97. The van der Waals surface area contributed by atoms with Crippen LogP contribution in [0.3, 0.4) is 0 Å². The first-order chi connectivity index (χ1) is 13.2. The minimum Gasteiger partial charge on any atom is -0.356 e. The summed E-state index contributed by atoms with van der Waals surface area (Å²) in [7, 11) is 1.79. The Balaban J connectivity index is 2.39. The van der Waals surface area contributed by atoms with E-state index in [0.717, 1.165) is 36.7 Å². The summed E-state index contributed by atoms with van der Waals surface area (Å²) in [6.07, 6.45) is 1.07. The molecule has 28 heavy (non-hydrogen) atoms. The van der Waals surface area contributed by atoms with Crippen molar-refractivity contribution in [2.75, 3.05) is 25.5 Å². The highest BCUT2D eigenvalue weighted by Crippen LogP contribution is 2.11. The number of guanidine groups is 1. The molecule has 0 unspecified atom stereocenters. The first kappa shape index (κ1) is 24.0. The largest absolute Gasteiger partial charge is 0.356 e. The first-order valence-electron chi connectivity index (χ1n) is 10.3. The van der Waals surface area contributed by atoms with Crippen LogP contribution in [-0.4, -0.2) is 49.0 Å². The third kappa shape index (κ3) is 8.74. The van der Waals surface area contributed by atoms with Gasteiger partial charge in [0.05, 0.1) is 0 Å². The molecule has 1 rings (SSSR count). The smallest absolute Gasteiger partial charge is 0.226 e. The summed E-state index contributed by atoms with van der Waals surface area (Å²) < 4.78 is 0. The molecule has 0 spiro atoms. The normalized spacial score (nSPS) is 12.2. The lowest BCUT2D eigenvalue weighted by atomic mass is 10.1. The van der Waals surface area contributed by atoms with E-state index >= 15 is 0 Å². The number of amides is 1. The standard InChI is InChI=1S/C22H39N5O/c1-16(2)21(28)26-20-11-9-19(10-12-20)15-25-22(23-7)24-13-8-14-27(17(3)4)18(5)6/h9-12,16-18H,8,13-15H2,1-7H3,(H,26,28)(H2,23,24,25). The molecule has 1 aromatic carbocycles. The van der Waals surface area contributed by atoms with Gasteiger partial charge in [-0.15, -0.1) is 0 Å². The van der Waals surface area contributed by atoms with E-state index in [4.69, 9.17) is 0 Å². The second-order valence-corrected chi connectivity index (χ2v) is 7.97. The molecule has 0 bridgehead atoms. The summed E-state index contributed by atoms with van der Waals surface area (Å²) in [5.74, 6) is 0.811. The number of hydrogen-bond acceptors (Lipinski definition) is 3. The fraction of sp³-hybridized carbons (Fsp3) is 0.636. The van der Waals surface area contributed by atoms with Gasteiger partial charge in [-0.3, -0.25) is 14.7 Å². The first-order valence-corrected chi connectivity index (χ1v) is 10.3. The monoisotopic (exact) mass is 389 g/mol. The highest BCUT2D eigenvalue weighted by Gasteiger charge is 2.12. The summed E-state index contributed by atoms with van der Waals surface area (Å²) in [4.78, 5) is 18.5. The SMILES string of the molecule is CN=C(NCCCN(C(C)C)C(C)C)NCc1ccc(NC(=O)C(C)C)cc1. The molecule has 3 N–H and O–H groups in total. The summed E-state index contributed by atoms with van der Waals surface area (Å²) >= 11 is 0. The Hall–Kier alpha value is -2.08. The molecule has 0 radical (unpaired) electrons. The zero-order chi connectivity index (χ0) is 21.1. The highest BCUT2D eigenvalue weighted by molar-refractivity contribution is 5.92. The fourth-order valence-electron chi connectivity index (χ4n) is 2.98. The van der Waals surface area contributed by atoms with Crippen molar-refractivity contribution in [1.82, 2.24) is 15.5 Å². The third-order valence-corrected chi connectivity index (χ3v) is 4.64. The molecule has 1 amide bonds. The summed E-state index contributed by atoms with van der Waals surface area (Å²) in [6, 6.07) is 9.01. The molecule has 6 heteroatoms. The molecule has 0 heterocycles. The van der Waals surface area contributed by atoms with Gasteiger partial charge in [0.25, 0.3) is 0 Å². The Bertz CT molecular complexity index is 600. The lowest BCUT2D eigenvalue weighted by Gasteiger charge is -2.30. The molecule has 0 aliphatic carbocycles. The molecule has 1 aromatic rings. The maximum atomic E-state index is 11.7. The highest BCUT2D eigenvalue weighted by atomic mass is 16.1. The van der Waals surface area contributed by atoms with Gasteiger partial charge in [0.2, 0.25) is 5.91 Å². The zero-order valence-electron chi connectivity index (χ0n) is 18.7. The van der Waals surface area contributed by atoms with Crippen LogP contribution in [0.1, 0.15) is 53.5 Å². The van der Waals surface area contributed by atoms with Crippen molar-refractivity contribution in [1.29, 1.82) is 0 Å². The number of benzene rings is 1. The third-order valence-electron chi connectivity index (χ3n) is 4.64. The second kappa shape index (κ2) is 12.4. The summed E-state index contributed by atoms with van der Waals surface area (Å²) in [5.41, 5.74) is 1.96. The number of rotatable bonds is 10. The number of aliphatic imine (C=N–C) groups is 1. The van der Waals surface area contributed by atoms with E-state index in [-0.39, 0.29) is 11.8 Å². The molecule has 0 aliphatic heterocycles. The lowest BCUT2D eigenvalue weighted by Crippen LogP contribution is -2.41. The topological polar surface area (TPSA) is 68.8 Å². The molecule has 0 aromatic heterocycles. The van der Waals surface area contributed by atoms with Crippen molar-refractivity contribution >= 4 is 17.6 Å². The number of nitrogens with one attached hydrogen (secondary N) is 3. The average molecular weight is 390 g/mol. The Morgan fingerprint density at radius 2 is 1.61 bits per heavy atom. The minimum atomic E-state index is -0.0242. The molecular formula is C22H39N5O. The predicted molar refractivity (Wildman–Crippen MR) is 120 cm³/mol. The zero-order valence-corrected chi connectivity index (χ0v) is 18.7. The van der Waals surface area contributed by atoms with E-state index < -0.39 is 0 Å². The van der Waals surface area contributed by atoms with Crippen molar-refractivity contribution < 1.29 is 4.79 Å². The molecular weight excluding hydrogens is 350 g/mol. The van der Waals surface area contributed by atoms with Crippen LogP contribution >= 0.6 is 0 Å².